The highest BCUT2D eigenvalue weighted by atomic mass is 79.9. The highest BCUT2D eigenvalue weighted by Crippen LogP contribution is 2.15. The Morgan fingerprint density at radius 3 is 2.48 bits per heavy atom. The van der Waals surface area contributed by atoms with E-state index in [0.29, 0.717) is 19.6 Å². The fraction of sp³-hybridized carbons (Fsp3) is 0.467. The van der Waals surface area contributed by atoms with Gasteiger partial charge in [0.25, 0.3) is 11.8 Å². The minimum Gasteiger partial charge on any atom is -0.338 e. The first kappa shape index (κ1) is 17.7. The van der Waals surface area contributed by atoms with Crippen LogP contribution in [0.15, 0.2) is 28.7 Å². The lowest BCUT2D eigenvalue weighted by Crippen LogP contribution is -3.11. The number of quaternary nitrogens is 1. The zero-order chi connectivity index (χ0) is 15.8. The Hall–Kier alpha value is -1.40. The van der Waals surface area contributed by atoms with Crippen LogP contribution < -0.4 is 10.2 Å². The summed E-state index contributed by atoms with van der Waals surface area (Å²) in [6.45, 7) is 5.90. The van der Waals surface area contributed by atoms with Crippen molar-refractivity contribution < 1.29 is 14.5 Å². The molecule has 0 aliphatic carbocycles. The molecule has 1 unspecified atom stereocenters. The monoisotopic (exact) mass is 356 g/mol. The largest absolute Gasteiger partial charge is 0.338 e. The topological polar surface area (TPSA) is 53.9 Å². The van der Waals surface area contributed by atoms with E-state index in [4.69, 9.17) is 0 Å². The first-order valence-electron chi connectivity index (χ1n) is 7.10. The van der Waals surface area contributed by atoms with Crippen LogP contribution in [0.1, 0.15) is 13.8 Å². The molecule has 1 aromatic carbocycles. The molecule has 0 spiro atoms. The van der Waals surface area contributed by atoms with Gasteiger partial charge in [-0.25, -0.2) is 0 Å². The molecule has 2 N–H and O–H groups in total. The minimum absolute atomic E-state index is 0.0766. The summed E-state index contributed by atoms with van der Waals surface area (Å²) in [7, 11) is 1.85. The lowest BCUT2D eigenvalue weighted by molar-refractivity contribution is -0.862. The molecule has 2 amide bonds. The first-order valence-corrected chi connectivity index (χ1v) is 7.90. The highest BCUT2D eigenvalue weighted by Gasteiger charge is 2.17. The number of hydrogen-bond acceptors (Lipinski definition) is 2. The number of halogens is 1. The van der Waals surface area contributed by atoms with E-state index < -0.39 is 0 Å². The van der Waals surface area contributed by atoms with Crippen LogP contribution >= 0.6 is 15.9 Å². The molecule has 0 heterocycles. The van der Waals surface area contributed by atoms with E-state index >= 15 is 0 Å². The molecule has 0 aliphatic rings. The molecule has 1 aromatic rings. The summed E-state index contributed by atoms with van der Waals surface area (Å²) in [4.78, 5) is 26.6. The Labute approximate surface area is 134 Å². The molecule has 5 nitrogen and oxygen atoms in total. The number of carbonyl (C=O) groups excluding carboxylic acids is 2. The van der Waals surface area contributed by atoms with Gasteiger partial charge in [0.2, 0.25) is 0 Å². The highest BCUT2D eigenvalue weighted by molar-refractivity contribution is 9.10. The van der Waals surface area contributed by atoms with E-state index in [9.17, 15) is 9.59 Å². The molecule has 1 atom stereocenters. The zero-order valence-electron chi connectivity index (χ0n) is 12.8. The second kappa shape index (κ2) is 8.79. The Morgan fingerprint density at radius 1 is 1.24 bits per heavy atom. The SMILES string of the molecule is CCN(CC)C(=O)C[NH+](C)CC(=O)Nc1cccc(Br)c1. The van der Waals surface area contributed by atoms with Gasteiger partial charge in [0.05, 0.1) is 7.05 Å². The summed E-state index contributed by atoms with van der Waals surface area (Å²) in [5, 5.41) is 2.83. The summed E-state index contributed by atoms with van der Waals surface area (Å²) >= 11 is 3.36. The molecule has 0 fully saturated rings. The molecule has 21 heavy (non-hydrogen) atoms. The number of hydrogen-bond donors (Lipinski definition) is 2. The lowest BCUT2D eigenvalue weighted by atomic mass is 10.3. The molecular weight excluding hydrogens is 334 g/mol. The van der Waals surface area contributed by atoms with Gasteiger partial charge >= 0.3 is 0 Å². The average Bonchev–Trinajstić information content (AvgIpc) is 2.39. The average molecular weight is 357 g/mol. The minimum atomic E-state index is -0.0991. The number of nitrogens with one attached hydrogen (secondary N) is 2. The predicted molar refractivity (Wildman–Crippen MR) is 87.3 cm³/mol. The molecule has 0 radical (unpaired) electrons. The zero-order valence-corrected chi connectivity index (χ0v) is 14.4. The van der Waals surface area contributed by atoms with E-state index in [1.54, 1.807) is 4.90 Å². The third-order valence-electron chi connectivity index (χ3n) is 3.14. The quantitative estimate of drug-likeness (QED) is 0.758. The van der Waals surface area contributed by atoms with E-state index in [-0.39, 0.29) is 18.4 Å². The Morgan fingerprint density at radius 2 is 1.90 bits per heavy atom. The van der Waals surface area contributed by atoms with Crippen LogP contribution in [0.2, 0.25) is 0 Å². The molecule has 0 saturated heterocycles. The number of benzene rings is 1. The Bertz CT molecular complexity index is 490. The fourth-order valence-corrected chi connectivity index (χ4v) is 2.45. The number of amides is 2. The van der Waals surface area contributed by atoms with Crippen molar-refractivity contribution in [3.63, 3.8) is 0 Å². The molecule has 0 bridgehead atoms. The molecule has 0 saturated carbocycles. The van der Waals surface area contributed by atoms with Gasteiger partial charge in [-0.1, -0.05) is 22.0 Å². The van der Waals surface area contributed by atoms with Gasteiger partial charge in [0.15, 0.2) is 13.1 Å². The molecule has 0 aliphatic heterocycles. The van der Waals surface area contributed by atoms with Crippen LogP contribution in [0.3, 0.4) is 0 Å². The summed E-state index contributed by atoms with van der Waals surface area (Å²) in [5.41, 5.74) is 0.747. The summed E-state index contributed by atoms with van der Waals surface area (Å²) < 4.78 is 0.915. The maximum absolute atomic E-state index is 12.0. The predicted octanol–water partition coefficient (Wildman–Crippen LogP) is 0.771. The second-order valence-electron chi connectivity index (χ2n) is 4.94. The maximum Gasteiger partial charge on any atom is 0.279 e. The standard InChI is InChI=1S/C15H22BrN3O2/c1-4-19(5-2)15(21)11-18(3)10-14(20)17-13-8-6-7-12(16)9-13/h6-9H,4-5,10-11H2,1-3H3,(H,17,20)/p+1. The van der Waals surface area contributed by atoms with Gasteiger partial charge in [-0.05, 0) is 32.0 Å². The first-order chi connectivity index (χ1) is 9.96. The van der Waals surface area contributed by atoms with Crippen LogP contribution in [0, 0.1) is 0 Å². The van der Waals surface area contributed by atoms with Gasteiger partial charge in [-0.2, -0.15) is 0 Å². The van der Waals surface area contributed by atoms with Crippen molar-refractivity contribution in [1.82, 2.24) is 4.90 Å². The van der Waals surface area contributed by atoms with Crippen molar-refractivity contribution in [1.29, 1.82) is 0 Å². The summed E-state index contributed by atoms with van der Waals surface area (Å²) in [5.74, 6) is -0.0225. The summed E-state index contributed by atoms with van der Waals surface area (Å²) in [6, 6.07) is 7.43. The van der Waals surface area contributed by atoms with E-state index in [1.807, 2.05) is 45.2 Å². The van der Waals surface area contributed by atoms with Crippen LogP contribution in [0.25, 0.3) is 0 Å². The number of nitrogens with zero attached hydrogens (tertiary/aromatic N) is 1. The number of likely N-dealkylation sites (N-methyl/N-ethyl adjacent to an activating group) is 2. The second-order valence-corrected chi connectivity index (χ2v) is 5.85. The molecular formula is C15H23BrN3O2+. The molecule has 0 aromatic heterocycles. The number of rotatable bonds is 7. The van der Waals surface area contributed by atoms with E-state index in [1.165, 1.54) is 0 Å². The van der Waals surface area contributed by atoms with E-state index in [0.717, 1.165) is 15.1 Å². The van der Waals surface area contributed by atoms with Gasteiger partial charge in [0.1, 0.15) is 0 Å². The van der Waals surface area contributed by atoms with Crippen molar-refractivity contribution in [2.24, 2.45) is 0 Å². The number of carbonyl (C=O) groups is 2. The van der Waals surface area contributed by atoms with Crippen molar-refractivity contribution in [3.8, 4) is 0 Å². The normalized spacial score (nSPS) is 11.8. The van der Waals surface area contributed by atoms with Crippen LogP contribution in [0.5, 0.6) is 0 Å². The number of anilines is 1. The van der Waals surface area contributed by atoms with Crippen LogP contribution in [0.4, 0.5) is 5.69 Å². The fourth-order valence-electron chi connectivity index (χ4n) is 2.05. The van der Waals surface area contributed by atoms with Crippen molar-refractivity contribution in [2.45, 2.75) is 13.8 Å². The van der Waals surface area contributed by atoms with Crippen LogP contribution in [-0.2, 0) is 9.59 Å². The van der Waals surface area contributed by atoms with Gasteiger partial charge < -0.3 is 15.1 Å². The van der Waals surface area contributed by atoms with Gasteiger partial charge in [0, 0.05) is 23.2 Å². The Balaban J connectivity index is 2.45. The Kier molecular flexibility index (Phi) is 7.39. The smallest absolute Gasteiger partial charge is 0.279 e. The van der Waals surface area contributed by atoms with Crippen LogP contribution in [-0.4, -0.2) is 49.9 Å². The third kappa shape index (κ3) is 6.27. The molecule has 1 rings (SSSR count). The summed E-state index contributed by atoms with van der Waals surface area (Å²) in [6.07, 6.45) is 0. The van der Waals surface area contributed by atoms with Crippen molar-refractivity contribution in [2.75, 3.05) is 38.5 Å². The van der Waals surface area contributed by atoms with Gasteiger partial charge in [-0.3, -0.25) is 9.59 Å². The van der Waals surface area contributed by atoms with E-state index in [2.05, 4.69) is 21.2 Å². The van der Waals surface area contributed by atoms with Crippen molar-refractivity contribution >= 4 is 33.4 Å². The lowest BCUT2D eigenvalue weighted by Gasteiger charge is -2.20. The van der Waals surface area contributed by atoms with Crippen molar-refractivity contribution in [3.05, 3.63) is 28.7 Å². The molecule has 6 heteroatoms. The third-order valence-corrected chi connectivity index (χ3v) is 3.63. The molecule has 116 valence electrons. The van der Waals surface area contributed by atoms with Gasteiger partial charge in [-0.15, -0.1) is 0 Å². The maximum atomic E-state index is 12.0.